The fourth-order valence-corrected chi connectivity index (χ4v) is 2.57. The van der Waals surface area contributed by atoms with Crippen LogP contribution in [0, 0.1) is 0 Å². The number of alkyl halides is 4. The standard InChI is InChI=1S/C11H15ClF3N3O2S/c1-17(2)21(19,20)9-3-4-10(16-7-9)18(6-5-12)8-11(13,14)15/h3-4,7H,5-6,8H2,1-2H3. The quantitative estimate of drug-likeness (QED) is 0.739. The molecule has 0 spiro atoms. The van der Waals surface area contributed by atoms with E-state index in [1.54, 1.807) is 0 Å². The average molecular weight is 346 g/mol. The maximum atomic E-state index is 12.5. The molecule has 1 rings (SSSR count). The number of pyridine rings is 1. The van der Waals surface area contributed by atoms with Crippen LogP contribution in [0.25, 0.3) is 0 Å². The maximum Gasteiger partial charge on any atom is 0.405 e. The van der Waals surface area contributed by atoms with Gasteiger partial charge in [0.25, 0.3) is 0 Å². The first-order chi connectivity index (χ1) is 9.58. The van der Waals surface area contributed by atoms with E-state index in [0.29, 0.717) is 0 Å². The summed E-state index contributed by atoms with van der Waals surface area (Å²) in [7, 11) is -0.955. The van der Waals surface area contributed by atoms with Crippen LogP contribution in [0.15, 0.2) is 23.2 Å². The fourth-order valence-electron chi connectivity index (χ4n) is 1.52. The van der Waals surface area contributed by atoms with Gasteiger partial charge in [0.2, 0.25) is 10.0 Å². The lowest BCUT2D eigenvalue weighted by Crippen LogP contribution is -2.36. The second kappa shape index (κ2) is 6.80. The molecule has 1 aromatic rings. The number of nitrogens with zero attached hydrogens (tertiary/aromatic N) is 3. The number of anilines is 1. The van der Waals surface area contributed by atoms with Crippen molar-refractivity contribution in [2.24, 2.45) is 0 Å². The smallest absolute Gasteiger partial charge is 0.346 e. The Hall–Kier alpha value is -1.06. The van der Waals surface area contributed by atoms with Gasteiger partial charge >= 0.3 is 6.18 Å². The third kappa shape index (κ3) is 5.01. The average Bonchev–Trinajstić information content (AvgIpc) is 2.36. The van der Waals surface area contributed by atoms with Crippen molar-refractivity contribution >= 4 is 27.4 Å². The molecule has 0 saturated heterocycles. The second-order valence-electron chi connectivity index (χ2n) is 4.37. The zero-order chi connectivity index (χ0) is 16.3. The Morgan fingerprint density at radius 3 is 2.29 bits per heavy atom. The van der Waals surface area contributed by atoms with E-state index in [1.807, 2.05) is 0 Å². The Morgan fingerprint density at radius 1 is 1.29 bits per heavy atom. The van der Waals surface area contributed by atoms with Crippen molar-refractivity contribution in [1.82, 2.24) is 9.29 Å². The summed E-state index contributed by atoms with van der Waals surface area (Å²) in [6.45, 7) is -1.25. The highest BCUT2D eigenvalue weighted by atomic mass is 35.5. The first kappa shape index (κ1) is 18.0. The molecule has 0 aliphatic carbocycles. The van der Waals surface area contributed by atoms with Crippen LogP contribution >= 0.6 is 11.6 Å². The molecule has 0 amide bonds. The third-order valence-electron chi connectivity index (χ3n) is 2.55. The van der Waals surface area contributed by atoms with Crippen molar-refractivity contribution in [2.75, 3.05) is 38.0 Å². The minimum absolute atomic E-state index is 0.00446. The molecule has 0 atom stereocenters. The van der Waals surface area contributed by atoms with Gasteiger partial charge in [0.05, 0.1) is 0 Å². The molecular formula is C11H15ClF3N3O2S. The van der Waals surface area contributed by atoms with Crippen LogP contribution in [0.1, 0.15) is 0 Å². The van der Waals surface area contributed by atoms with Gasteiger partial charge in [-0.25, -0.2) is 17.7 Å². The Labute approximate surface area is 126 Å². The van der Waals surface area contributed by atoms with E-state index in [9.17, 15) is 21.6 Å². The van der Waals surface area contributed by atoms with E-state index in [1.165, 1.54) is 26.2 Å². The summed E-state index contributed by atoms with van der Waals surface area (Å²) in [5, 5.41) is 0. The number of rotatable bonds is 6. The predicted molar refractivity (Wildman–Crippen MR) is 74.1 cm³/mol. The molecule has 0 fully saturated rings. The van der Waals surface area contributed by atoms with Gasteiger partial charge < -0.3 is 4.90 Å². The molecular weight excluding hydrogens is 331 g/mol. The maximum absolute atomic E-state index is 12.5. The number of hydrogen-bond acceptors (Lipinski definition) is 4. The van der Waals surface area contributed by atoms with Crippen LogP contribution < -0.4 is 4.90 Å². The highest BCUT2D eigenvalue weighted by Crippen LogP contribution is 2.22. The van der Waals surface area contributed by atoms with E-state index in [-0.39, 0.29) is 23.1 Å². The summed E-state index contributed by atoms with van der Waals surface area (Å²) in [6.07, 6.45) is -3.37. The van der Waals surface area contributed by atoms with E-state index in [0.717, 1.165) is 15.4 Å². The van der Waals surface area contributed by atoms with E-state index < -0.39 is 22.7 Å². The molecule has 0 aliphatic rings. The summed E-state index contributed by atoms with van der Waals surface area (Å²) in [4.78, 5) is 4.65. The summed E-state index contributed by atoms with van der Waals surface area (Å²) >= 11 is 5.48. The molecule has 120 valence electrons. The lowest BCUT2D eigenvalue weighted by atomic mass is 10.4. The normalized spacial score (nSPS) is 12.7. The minimum Gasteiger partial charge on any atom is -0.346 e. The van der Waals surface area contributed by atoms with E-state index >= 15 is 0 Å². The molecule has 0 aliphatic heterocycles. The fraction of sp³-hybridized carbons (Fsp3) is 0.545. The van der Waals surface area contributed by atoms with Crippen LogP contribution in [-0.2, 0) is 10.0 Å². The molecule has 0 unspecified atom stereocenters. The number of hydrogen-bond donors (Lipinski definition) is 0. The van der Waals surface area contributed by atoms with Crippen molar-refractivity contribution in [3.8, 4) is 0 Å². The first-order valence-corrected chi connectivity index (χ1v) is 7.81. The molecule has 5 nitrogen and oxygen atoms in total. The molecule has 0 aromatic carbocycles. The largest absolute Gasteiger partial charge is 0.405 e. The van der Waals surface area contributed by atoms with Crippen LogP contribution in [-0.4, -0.2) is 56.9 Å². The molecule has 0 radical (unpaired) electrons. The molecule has 1 aromatic heterocycles. The lowest BCUT2D eigenvalue weighted by Gasteiger charge is -2.24. The molecule has 1 heterocycles. The Kier molecular flexibility index (Phi) is 5.83. The summed E-state index contributed by atoms with van der Waals surface area (Å²) < 4.78 is 62.1. The van der Waals surface area contributed by atoms with Gasteiger partial charge in [0.1, 0.15) is 17.3 Å². The summed E-state index contributed by atoms with van der Waals surface area (Å²) in [5.74, 6) is 0.0147. The SMILES string of the molecule is CN(C)S(=O)(=O)c1ccc(N(CCCl)CC(F)(F)F)nc1. The van der Waals surface area contributed by atoms with Gasteiger partial charge in [-0.05, 0) is 12.1 Å². The second-order valence-corrected chi connectivity index (χ2v) is 6.90. The van der Waals surface area contributed by atoms with Crippen LogP contribution in [0.3, 0.4) is 0 Å². The Morgan fingerprint density at radius 2 is 1.90 bits per heavy atom. The number of halogens is 4. The minimum atomic E-state index is -4.40. The van der Waals surface area contributed by atoms with Gasteiger partial charge in [0, 0.05) is 32.7 Å². The topological polar surface area (TPSA) is 53.5 Å². The summed E-state index contributed by atoms with van der Waals surface area (Å²) in [5.41, 5.74) is 0. The number of aromatic nitrogens is 1. The highest BCUT2D eigenvalue weighted by molar-refractivity contribution is 7.89. The monoisotopic (exact) mass is 345 g/mol. The molecule has 0 bridgehead atoms. The van der Waals surface area contributed by atoms with Gasteiger partial charge in [-0.1, -0.05) is 0 Å². The molecule has 0 N–H and O–H groups in total. The van der Waals surface area contributed by atoms with Gasteiger partial charge in [0.15, 0.2) is 0 Å². The van der Waals surface area contributed by atoms with Crippen molar-refractivity contribution in [1.29, 1.82) is 0 Å². The van der Waals surface area contributed by atoms with Crippen molar-refractivity contribution in [2.45, 2.75) is 11.1 Å². The van der Waals surface area contributed by atoms with Crippen LogP contribution in [0.5, 0.6) is 0 Å². The molecule has 10 heteroatoms. The van der Waals surface area contributed by atoms with E-state index in [2.05, 4.69) is 4.98 Å². The Bertz CT molecular complexity index is 561. The lowest BCUT2D eigenvalue weighted by molar-refractivity contribution is -0.119. The van der Waals surface area contributed by atoms with Gasteiger partial charge in [-0.3, -0.25) is 0 Å². The zero-order valence-corrected chi connectivity index (χ0v) is 13.0. The predicted octanol–water partition coefficient (Wildman–Crippen LogP) is 1.94. The zero-order valence-electron chi connectivity index (χ0n) is 11.4. The van der Waals surface area contributed by atoms with Crippen LogP contribution in [0.4, 0.5) is 19.0 Å². The van der Waals surface area contributed by atoms with Gasteiger partial charge in [-0.2, -0.15) is 13.2 Å². The number of sulfonamides is 1. The van der Waals surface area contributed by atoms with Crippen LogP contribution in [0.2, 0.25) is 0 Å². The Balaban J connectivity index is 3.03. The molecule has 0 saturated carbocycles. The van der Waals surface area contributed by atoms with Crippen molar-refractivity contribution in [3.63, 3.8) is 0 Å². The highest BCUT2D eigenvalue weighted by Gasteiger charge is 2.31. The summed E-state index contributed by atoms with van der Waals surface area (Å²) in [6, 6.07) is 2.45. The third-order valence-corrected chi connectivity index (χ3v) is 4.52. The van der Waals surface area contributed by atoms with Crippen molar-refractivity contribution in [3.05, 3.63) is 18.3 Å². The van der Waals surface area contributed by atoms with Crippen molar-refractivity contribution < 1.29 is 21.6 Å². The van der Waals surface area contributed by atoms with E-state index in [4.69, 9.17) is 11.6 Å². The van der Waals surface area contributed by atoms with Gasteiger partial charge in [-0.15, -0.1) is 11.6 Å². The molecule has 21 heavy (non-hydrogen) atoms. The first-order valence-electron chi connectivity index (χ1n) is 5.84.